The number of aromatic nitrogens is 2. The molecule has 0 saturated heterocycles. The molecule has 2 amide bonds. The molecule has 110 valence electrons. The van der Waals surface area contributed by atoms with Gasteiger partial charge in [-0.1, -0.05) is 13.8 Å². The number of hydrogen-bond donors (Lipinski definition) is 0. The van der Waals surface area contributed by atoms with Crippen LogP contribution >= 0.6 is 0 Å². The first-order valence-electron chi connectivity index (χ1n) is 6.84. The normalized spacial score (nSPS) is 10.6. The number of pyridine rings is 2. The molecule has 6 nitrogen and oxygen atoms in total. The van der Waals surface area contributed by atoms with Gasteiger partial charge in [-0.15, -0.1) is 0 Å². The summed E-state index contributed by atoms with van der Waals surface area (Å²) in [5.41, 5.74) is 0.342. The van der Waals surface area contributed by atoms with Gasteiger partial charge in [-0.25, -0.2) is 4.98 Å². The molecule has 6 heteroatoms. The van der Waals surface area contributed by atoms with Crippen molar-refractivity contribution >= 4 is 22.8 Å². The summed E-state index contributed by atoms with van der Waals surface area (Å²) in [6.07, 6.45) is 1.78. The van der Waals surface area contributed by atoms with Crippen LogP contribution in [0.4, 0.5) is 0 Å². The lowest BCUT2D eigenvalue weighted by molar-refractivity contribution is -0.128. The Kier molecular flexibility index (Phi) is 4.16. The Balaban J connectivity index is 2.84. The van der Waals surface area contributed by atoms with Crippen LogP contribution in [-0.2, 0) is 9.59 Å². The Hall–Kier alpha value is -2.50. The molecule has 0 aliphatic rings. The van der Waals surface area contributed by atoms with Gasteiger partial charge in [-0.2, -0.15) is 9.69 Å². The number of nitrogens with zero attached hydrogens (tertiary/aromatic N) is 3. The monoisotopic (exact) mass is 287 g/mol. The summed E-state index contributed by atoms with van der Waals surface area (Å²) in [5, 5.41) is 1.61. The van der Waals surface area contributed by atoms with Crippen LogP contribution in [0, 0.1) is 6.92 Å². The van der Waals surface area contributed by atoms with Crippen molar-refractivity contribution in [2.75, 3.05) is 5.01 Å². The van der Waals surface area contributed by atoms with Gasteiger partial charge in [0.15, 0.2) is 5.65 Å². The minimum Gasteiger partial charge on any atom is -0.273 e. The third-order valence-electron chi connectivity index (χ3n) is 3.20. The molecule has 0 aromatic carbocycles. The van der Waals surface area contributed by atoms with Crippen molar-refractivity contribution < 1.29 is 9.59 Å². The van der Waals surface area contributed by atoms with Gasteiger partial charge in [-0.05, 0) is 25.1 Å². The van der Waals surface area contributed by atoms with E-state index in [4.69, 9.17) is 0 Å². The third-order valence-corrected chi connectivity index (χ3v) is 3.20. The van der Waals surface area contributed by atoms with Crippen LogP contribution in [0.25, 0.3) is 11.0 Å². The summed E-state index contributed by atoms with van der Waals surface area (Å²) in [5.74, 6) is -0.858. The number of fused-ring (bicyclic) bond motifs is 1. The first-order valence-corrected chi connectivity index (χ1v) is 6.84. The number of carbonyl (C=O) groups is 2. The van der Waals surface area contributed by atoms with Crippen LogP contribution in [0.5, 0.6) is 0 Å². The molecule has 0 unspecified atom stereocenters. The average molecular weight is 287 g/mol. The molecule has 0 fully saturated rings. The third kappa shape index (κ3) is 2.56. The van der Waals surface area contributed by atoms with Gasteiger partial charge in [0.2, 0.25) is 11.8 Å². The standard InChI is InChI=1S/C15H17N3O3/c1-4-12(19)17(13(20)5-2)18-14-11(7-6-8-16-14)9-10(3)15(18)21/h6-9H,4-5H2,1-3H3. The first-order chi connectivity index (χ1) is 10.0. The maximum atomic E-state index is 12.4. The van der Waals surface area contributed by atoms with Gasteiger partial charge in [0.1, 0.15) is 0 Å². The molecule has 21 heavy (non-hydrogen) atoms. The number of hydrogen-bond acceptors (Lipinski definition) is 4. The van der Waals surface area contributed by atoms with Gasteiger partial charge in [0.25, 0.3) is 5.56 Å². The zero-order valence-corrected chi connectivity index (χ0v) is 12.3. The minimum absolute atomic E-state index is 0.125. The lowest BCUT2D eigenvalue weighted by Gasteiger charge is -2.23. The van der Waals surface area contributed by atoms with Gasteiger partial charge in [0, 0.05) is 30.0 Å². The Labute approximate surface area is 122 Å². The molecule has 0 atom stereocenters. The summed E-state index contributed by atoms with van der Waals surface area (Å²) in [6, 6.07) is 5.23. The molecule has 2 heterocycles. The Morgan fingerprint density at radius 3 is 2.43 bits per heavy atom. The van der Waals surface area contributed by atoms with Gasteiger partial charge in [0.05, 0.1) is 0 Å². The lowest BCUT2D eigenvalue weighted by atomic mass is 10.2. The maximum Gasteiger partial charge on any atom is 0.274 e. The summed E-state index contributed by atoms with van der Waals surface area (Å²) in [6.45, 7) is 4.94. The molecule has 2 aromatic heterocycles. The van der Waals surface area contributed by atoms with Crippen molar-refractivity contribution in [3.63, 3.8) is 0 Å². The number of carbonyl (C=O) groups excluding carboxylic acids is 2. The van der Waals surface area contributed by atoms with Crippen LogP contribution in [0.2, 0.25) is 0 Å². The van der Waals surface area contributed by atoms with E-state index < -0.39 is 17.4 Å². The van der Waals surface area contributed by atoms with E-state index >= 15 is 0 Å². The quantitative estimate of drug-likeness (QED) is 0.858. The van der Waals surface area contributed by atoms with Crippen LogP contribution < -0.4 is 10.6 Å². The minimum atomic E-state index is -0.429. The van der Waals surface area contributed by atoms with E-state index in [0.29, 0.717) is 16.6 Å². The maximum absolute atomic E-state index is 12.4. The molecule has 0 spiro atoms. The fraction of sp³-hybridized carbons (Fsp3) is 0.333. The predicted octanol–water partition coefficient (Wildman–Crippen LogP) is 1.52. The van der Waals surface area contributed by atoms with Gasteiger partial charge < -0.3 is 0 Å². The van der Waals surface area contributed by atoms with Crippen molar-refractivity contribution in [1.29, 1.82) is 0 Å². The van der Waals surface area contributed by atoms with E-state index in [1.807, 2.05) is 0 Å². The molecule has 2 rings (SSSR count). The molecule has 0 saturated carbocycles. The second kappa shape index (κ2) is 5.87. The summed E-state index contributed by atoms with van der Waals surface area (Å²) >= 11 is 0. The van der Waals surface area contributed by atoms with Gasteiger partial charge >= 0.3 is 0 Å². The number of amides is 2. The Morgan fingerprint density at radius 2 is 1.86 bits per heavy atom. The molecular formula is C15H17N3O3. The topological polar surface area (TPSA) is 72.3 Å². The highest BCUT2D eigenvalue weighted by Gasteiger charge is 2.24. The average Bonchev–Trinajstić information content (AvgIpc) is 2.50. The lowest BCUT2D eigenvalue weighted by Crippen LogP contribution is -2.50. The molecule has 0 aliphatic heterocycles. The summed E-state index contributed by atoms with van der Waals surface area (Å²) in [7, 11) is 0. The van der Waals surface area contributed by atoms with Crippen LogP contribution in [0.1, 0.15) is 32.3 Å². The molecular weight excluding hydrogens is 270 g/mol. The van der Waals surface area contributed by atoms with E-state index in [9.17, 15) is 14.4 Å². The second-order valence-corrected chi connectivity index (χ2v) is 4.67. The van der Waals surface area contributed by atoms with Crippen molar-refractivity contribution in [3.05, 3.63) is 40.3 Å². The van der Waals surface area contributed by atoms with E-state index in [0.717, 1.165) is 9.69 Å². The van der Waals surface area contributed by atoms with E-state index in [1.54, 1.807) is 39.0 Å². The van der Waals surface area contributed by atoms with E-state index in [1.165, 1.54) is 6.20 Å². The van der Waals surface area contributed by atoms with Crippen molar-refractivity contribution in [1.82, 2.24) is 9.66 Å². The zero-order chi connectivity index (χ0) is 15.6. The van der Waals surface area contributed by atoms with E-state index in [2.05, 4.69) is 4.98 Å². The largest absolute Gasteiger partial charge is 0.274 e. The molecule has 0 radical (unpaired) electrons. The molecule has 0 N–H and O–H groups in total. The SMILES string of the molecule is CCC(=O)N(C(=O)CC)n1c(=O)c(C)cc2cccnc21. The fourth-order valence-corrected chi connectivity index (χ4v) is 2.10. The zero-order valence-electron chi connectivity index (χ0n) is 12.3. The van der Waals surface area contributed by atoms with E-state index in [-0.39, 0.29) is 12.8 Å². The van der Waals surface area contributed by atoms with Gasteiger partial charge in [-0.3, -0.25) is 14.4 Å². The van der Waals surface area contributed by atoms with Crippen LogP contribution in [0.15, 0.2) is 29.2 Å². The smallest absolute Gasteiger partial charge is 0.273 e. The summed E-state index contributed by atoms with van der Waals surface area (Å²) < 4.78 is 1.09. The first kappa shape index (κ1) is 14.9. The van der Waals surface area contributed by atoms with Crippen LogP contribution in [0.3, 0.4) is 0 Å². The molecule has 0 aliphatic carbocycles. The molecule has 0 bridgehead atoms. The predicted molar refractivity (Wildman–Crippen MR) is 79.6 cm³/mol. The van der Waals surface area contributed by atoms with Crippen molar-refractivity contribution in [2.45, 2.75) is 33.6 Å². The number of imide groups is 1. The van der Waals surface area contributed by atoms with Crippen molar-refractivity contribution in [2.24, 2.45) is 0 Å². The fourth-order valence-electron chi connectivity index (χ4n) is 2.10. The highest BCUT2D eigenvalue weighted by atomic mass is 16.2. The number of rotatable bonds is 3. The highest BCUT2D eigenvalue weighted by molar-refractivity contribution is 6.08. The number of aryl methyl sites for hydroxylation is 1. The Bertz CT molecular complexity index is 748. The summed E-state index contributed by atoms with van der Waals surface area (Å²) in [4.78, 5) is 40.9. The highest BCUT2D eigenvalue weighted by Crippen LogP contribution is 2.12. The van der Waals surface area contributed by atoms with Crippen LogP contribution in [-0.4, -0.2) is 21.5 Å². The Morgan fingerprint density at radius 1 is 1.24 bits per heavy atom. The second-order valence-electron chi connectivity index (χ2n) is 4.67. The molecule has 2 aromatic rings. The van der Waals surface area contributed by atoms with Crippen molar-refractivity contribution in [3.8, 4) is 0 Å².